The number of amides is 1. The average molecular weight is 296 g/mol. The summed E-state index contributed by atoms with van der Waals surface area (Å²) >= 11 is -0.528. The van der Waals surface area contributed by atoms with Crippen LogP contribution in [0.3, 0.4) is 0 Å². The van der Waals surface area contributed by atoms with E-state index in [0.717, 1.165) is 12.8 Å². The third-order valence-electron chi connectivity index (χ3n) is 3.03. The van der Waals surface area contributed by atoms with Gasteiger partial charge in [-0.05, 0) is 0 Å². The monoisotopic (exact) mass is 296 g/mol. The summed E-state index contributed by atoms with van der Waals surface area (Å²) in [5.41, 5.74) is 5.51. The van der Waals surface area contributed by atoms with Crippen molar-refractivity contribution in [1.29, 1.82) is 0 Å². The van der Waals surface area contributed by atoms with Gasteiger partial charge in [0.15, 0.2) is 0 Å². The number of nitrogens with two attached hydrogens (primary N) is 1. The number of carbonyl (C=O) groups excluding carboxylic acids is 1. The van der Waals surface area contributed by atoms with Gasteiger partial charge in [-0.1, -0.05) is 0 Å². The van der Waals surface area contributed by atoms with E-state index in [1.54, 1.807) is 3.33 Å². The minimum absolute atomic E-state index is 0. The largest absolute Gasteiger partial charge is 0.412 e. The molecule has 3 nitrogen and oxygen atoms in total. The third-order valence-corrected chi connectivity index (χ3v) is 6.57. The molecule has 1 aliphatic heterocycles. The Balaban J connectivity index is 0.000000980. The van der Waals surface area contributed by atoms with Gasteiger partial charge >= 0.3 is 89.8 Å². The molecule has 0 aromatic heterocycles. The number of hydrogen-bond donors (Lipinski definition) is 1. The Hall–Kier alpha value is -0.220. The van der Waals surface area contributed by atoms with E-state index < -0.39 is 22.9 Å². The summed E-state index contributed by atoms with van der Waals surface area (Å²) in [5.74, 6) is 0.0405. The van der Waals surface area contributed by atoms with Crippen LogP contribution in [0.5, 0.6) is 0 Å². The molecule has 2 rings (SSSR count). The first-order valence-electron chi connectivity index (χ1n) is 4.62. The fourth-order valence-corrected chi connectivity index (χ4v) is 5.69. The van der Waals surface area contributed by atoms with Gasteiger partial charge in [-0.25, -0.2) is 0 Å². The normalized spacial score (nSPS) is 32.9. The van der Waals surface area contributed by atoms with Gasteiger partial charge in [-0.2, -0.15) is 0 Å². The SMILES string of the molecule is CC1(C[C]2=CC=[CH][In]2)CC1C(N)=O.O. The minimum Gasteiger partial charge on any atom is -0.412 e. The number of hydrogen-bond acceptors (Lipinski definition) is 1. The van der Waals surface area contributed by atoms with E-state index in [9.17, 15) is 4.79 Å². The summed E-state index contributed by atoms with van der Waals surface area (Å²) in [4.78, 5) is 11.0. The van der Waals surface area contributed by atoms with Crippen molar-refractivity contribution >= 4 is 28.8 Å². The number of allylic oxidation sites excluding steroid dienone is 3. The molecule has 0 bridgehead atoms. The molecule has 4 heteroatoms. The van der Waals surface area contributed by atoms with Crippen LogP contribution < -0.4 is 5.73 Å². The van der Waals surface area contributed by atoms with Crippen molar-refractivity contribution in [2.24, 2.45) is 17.1 Å². The minimum atomic E-state index is -0.528. The van der Waals surface area contributed by atoms with Crippen LogP contribution >= 0.6 is 0 Å². The molecule has 1 aliphatic carbocycles. The zero-order valence-corrected chi connectivity index (χ0v) is 11.6. The molecule has 0 spiro atoms. The quantitative estimate of drug-likeness (QED) is 0.792. The molecular formula is C10H15InNO2. The van der Waals surface area contributed by atoms with Crippen LogP contribution in [-0.4, -0.2) is 34.3 Å². The molecule has 0 saturated heterocycles. The van der Waals surface area contributed by atoms with Crippen LogP contribution in [0.25, 0.3) is 0 Å². The van der Waals surface area contributed by atoms with Crippen LogP contribution in [0.2, 0.25) is 0 Å². The Morgan fingerprint density at radius 1 is 1.79 bits per heavy atom. The Labute approximate surface area is 95.1 Å². The van der Waals surface area contributed by atoms with Gasteiger partial charge in [0.05, 0.1) is 0 Å². The molecule has 1 radical (unpaired) electrons. The Morgan fingerprint density at radius 2 is 2.50 bits per heavy atom. The summed E-state index contributed by atoms with van der Waals surface area (Å²) < 4.78 is 3.97. The second-order valence-corrected chi connectivity index (χ2v) is 8.45. The van der Waals surface area contributed by atoms with E-state index in [2.05, 4.69) is 22.9 Å². The maximum Gasteiger partial charge on any atom is -0.412 e. The molecule has 4 N–H and O–H groups in total. The van der Waals surface area contributed by atoms with Crippen molar-refractivity contribution in [3.05, 3.63) is 19.3 Å². The summed E-state index contributed by atoms with van der Waals surface area (Å²) in [6.45, 7) is 2.18. The van der Waals surface area contributed by atoms with E-state index in [0.29, 0.717) is 0 Å². The van der Waals surface area contributed by atoms with Crippen LogP contribution in [0, 0.1) is 11.3 Å². The predicted molar refractivity (Wildman–Crippen MR) is 56.6 cm³/mol. The molecule has 0 aromatic carbocycles. The number of rotatable bonds is 3. The molecule has 2 unspecified atom stereocenters. The number of carbonyl (C=O) groups is 1. The van der Waals surface area contributed by atoms with Crippen LogP contribution in [0.4, 0.5) is 0 Å². The van der Waals surface area contributed by atoms with Crippen molar-refractivity contribution in [2.45, 2.75) is 19.8 Å². The first kappa shape index (κ1) is 11.9. The van der Waals surface area contributed by atoms with Gasteiger partial charge in [0.2, 0.25) is 0 Å². The van der Waals surface area contributed by atoms with Crippen LogP contribution in [-0.2, 0) is 4.79 Å². The first-order chi connectivity index (χ1) is 6.12. The zero-order chi connectivity index (χ0) is 9.47. The maximum atomic E-state index is 11.0. The molecule has 2 atom stereocenters. The van der Waals surface area contributed by atoms with Crippen molar-refractivity contribution in [1.82, 2.24) is 0 Å². The molecule has 2 aliphatic rings. The van der Waals surface area contributed by atoms with E-state index in [1.165, 1.54) is 0 Å². The smallest absolute Gasteiger partial charge is 0.412 e. The van der Waals surface area contributed by atoms with Gasteiger partial charge < -0.3 is 5.48 Å². The summed E-state index contributed by atoms with van der Waals surface area (Å²) in [6.07, 6.45) is 6.53. The summed E-state index contributed by atoms with van der Waals surface area (Å²) in [7, 11) is 0. The van der Waals surface area contributed by atoms with E-state index in [1.807, 2.05) is 0 Å². The van der Waals surface area contributed by atoms with Crippen molar-refractivity contribution in [3.8, 4) is 0 Å². The zero-order valence-electron chi connectivity index (χ0n) is 8.29. The Kier molecular flexibility index (Phi) is 3.48. The molecule has 14 heavy (non-hydrogen) atoms. The maximum absolute atomic E-state index is 11.0. The molecule has 1 fully saturated rings. The first-order valence-corrected chi connectivity index (χ1v) is 8.17. The molecule has 1 heterocycles. The Morgan fingerprint density at radius 3 is 2.93 bits per heavy atom. The standard InChI is InChI=1S/C10H13NO.In.H2O/c1-3-4-5-6-10(2)7-8(10)9(11)12;;/h1,3-4,8H,6-7H2,2H3,(H2,11,12);;1H2. The fraction of sp³-hybridized carbons (Fsp3) is 0.500. The second-order valence-electron chi connectivity index (χ2n) is 4.28. The summed E-state index contributed by atoms with van der Waals surface area (Å²) in [6, 6.07) is 0. The number of primary amides is 1. The molecule has 0 aromatic rings. The van der Waals surface area contributed by atoms with E-state index in [-0.39, 0.29) is 22.7 Å². The van der Waals surface area contributed by atoms with E-state index >= 15 is 0 Å². The van der Waals surface area contributed by atoms with Crippen molar-refractivity contribution < 1.29 is 10.3 Å². The fourth-order valence-electron chi connectivity index (χ4n) is 2.04. The van der Waals surface area contributed by atoms with Gasteiger partial charge in [-0.15, -0.1) is 0 Å². The van der Waals surface area contributed by atoms with Crippen molar-refractivity contribution in [2.75, 3.05) is 0 Å². The Bertz CT molecular complexity index is 311. The predicted octanol–water partition coefficient (Wildman–Crippen LogP) is 0.179. The van der Waals surface area contributed by atoms with E-state index in [4.69, 9.17) is 5.73 Å². The second kappa shape index (κ2) is 4.11. The van der Waals surface area contributed by atoms with Gasteiger partial charge in [0.1, 0.15) is 0 Å². The molecule has 1 amide bonds. The molecular weight excluding hydrogens is 281 g/mol. The van der Waals surface area contributed by atoms with Gasteiger partial charge in [0.25, 0.3) is 0 Å². The van der Waals surface area contributed by atoms with Gasteiger partial charge in [0, 0.05) is 0 Å². The molecule has 75 valence electrons. The van der Waals surface area contributed by atoms with Gasteiger partial charge in [-0.3, -0.25) is 0 Å². The average Bonchev–Trinajstić information content (AvgIpc) is 2.50. The van der Waals surface area contributed by atoms with Crippen LogP contribution in [0.15, 0.2) is 19.3 Å². The third kappa shape index (κ3) is 2.23. The van der Waals surface area contributed by atoms with Crippen molar-refractivity contribution in [3.63, 3.8) is 0 Å². The molecule has 1 saturated carbocycles. The van der Waals surface area contributed by atoms with Crippen LogP contribution in [0.1, 0.15) is 19.8 Å². The topological polar surface area (TPSA) is 74.6 Å². The summed E-state index contributed by atoms with van der Waals surface area (Å²) in [5, 5.41) is 0.